The standard InChI is InChI=1S/C14H19NO/c1-14(2,9-15)11-7-10-5-4-6-13(16-3)12(10)8-11/h4-6,8H,7,9,15H2,1-3H3. The van der Waals surface area contributed by atoms with E-state index in [4.69, 9.17) is 10.5 Å². The van der Waals surface area contributed by atoms with Crippen LogP contribution in [-0.4, -0.2) is 13.7 Å². The zero-order valence-corrected chi connectivity index (χ0v) is 10.2. The molecule has 0 aromatic heterocycles. The summed E-state index contributed by atoms with van der Waals surface area (Å²) in [4.78, 5) is 0. The quantitative estimate of drug-likeness (QED) is 0.844. The largest absolute Gasteiger partial charge is 0.496 e. The molecule has 0 spiro atoms. The molecule has 0 saturated carbocycles. The van der Waals surface area contributed by atoms with Crippen molar-refractivity contribution in [3.8, 4) is 5.75 Å². The molecule has 0 saturated heterocycles. The number of hydrogen-bond acceptors (Lipinski definition) is 2. The van der Waals surface area contributed by atoms with E-state index in [1.807, 2.05) is 12.1 Å². The second-order valence-corrected chi connectivity index (χ2v) is 4.97. The summed E-state index contributed by atoms with van der Waals surface area (Å²) < 4.78 is 5.38. The Bertz CT molecular complexity index is 432. The molecule has 86 valence electrons. The molecular weight excluding hydrogens is 198 g/mol. The third-order valence-electron chi connectivity index (χ3n) is 3.46. The first-order valence-electron chi connectivity index (χ1n) is 5.65. The van der Waals surface area contributed by atoms with Crippen molar-refractivity contribution < 1.29 is 4.74 Å². The first-order valence-corrected chi connectivity index (χ1v) is 5.65. The van der Waals surface area contributed by atoms with Gasteiger partial charge in [0.15, 0.2) is 0 Å². The maximum absolute atomic E-state index is 5.82. The minimum absolute atomic E-state index is 0.0734. The zero-order valence-electron chi connectivity index (χ0n) is 10.2. The number of hydrogen-bond donors (Lipinski definition) is 1. The van der Waals surface area contributed by atoms with Gasteiger partial charge in [-0.25, -0.2) is 0 Å². The lowest BCUT2D eigenvalue weighted by atomic mass is 9.83. The second-order valence-electron chi connectivity index (χ2n) is 4.97. The van der Waals surface area contributed by atoms with Crippen LogP contribution in [0.2, 0.25) is 0 Å². The minimum atomic E-state index is 0.0734. The van der Waals surface area contributed by atoms with Crippen molar-refractivity contribution >= 4 is 6.08 Å². The van der Waals surface area contributed by atoms with Gasteiger partial charge in [-0.2, -0.15) is 0 Å². The van der Waals surface area contributed by atoms with Crippen molar-refractivity contribution in [1.82, 2.24) is 0 Å². The number of fused-ring (bicyclic) bond motifs is 1. The van der Waals surface area contributed by atoms with Gasteiger partial charge in [-0.05, 0) is 23.5 Å². The molecule has 2 rings (SSSR count). The van der Waals surface area contributed by atoms with E-state index in [9.17, 15) is 0 Å². The molecule has 1 aromatic carbocycles. The Hall–Kier alpha value is -1.28. The van der Waals surface area contributed by atoms with Crippen LogP contribution in [0.4, 0.5) is 0 Å². The van der Waals surface area contributed by atoms with E-state index in [0.717, 1.165) is 12.2 Å². The predicted molar refractivity (Wildman–Crippen MR) is 67.5 cm³/mol. The highest BCUT2D eigenvalue weighted by Crippen LogP contribution is 2.39. The summed E-state index contributed by atoms with van der Waals surface area (Å²) in [7, 11) is 1.72. The molecule has 2 nitrogen and oxygen atoms in total. The van der Waals surface area contributed by atoms with Crippen LogP contribution in [0.25, 0.3) is 6.08 Å². The van der Waals surface area contributed by atoms with Gasteiger partial charge >= 0.3 is 0 Å². The summed E-state index contributed by atoms with van der Waals surface area (Å²) in [5, 5.41) is 0. The number of ether oxygens (including phenoxy) is 1. The molecule has 2 heteroatoms. The van der Waals surface area contributed by atoms with Gasteiger partial charge in [0.2, 0.25) is 0 Å². The number of nitrogens with two attached hydrogens (primary N) is 1. The number of benzene rings is 1. The Kier molecular flexibility index (Phi) is 2.76. The lowest BCUT2D eigenvalue weighted by Gasteiger charge is -2.24. The third kappa shape index (κ3) is 1.74. The Balaban J connectivity index is 2.40. The zero-order chi connectivity index (χ0) is 11.8. The molecule has 0 bridgehead atoms. The van der Waals surface area contributed by atoms with Crippen molar-refractivity contribution in [1.29, 1.82) is 0 Å². The Morgan fingerprint density at radius 2 is 2.12 bits per heavy atom. The van der Waals surface area contributed by atoms with Crippen molar-refractivity contribution in [2.45, 2.75) is 20.3 Å². The van der Waals surface area contributed by atoms with E-state index in [1.165, 1.54) is 16.7 Å². The summed E-state index contributed by atoms with van der Waals surface area (Å²) in [6.07, 6.45) is 3.23. The van der Waals surface area contributed by atoms with Crippen LogP contribution in [-0.2, 0) is 6.42 Å². The monoisotopic (exact) mass is 217 g/mol. The van der Waals surface area contributed by atoms with Crippen molar-refractivity contribution in [3.05, 3.63) is 34.9 Å². The fraction of sp³-hybridized carbons (Fsp3) is 0.429. The molecule has 2 N–H and O–H groups in total. The summed E-state index contributed by atoms with van der Waals surface area (Å²) >= 11 is 0. The average Bonchev–Trinajstić information content (AvgIpc) is 2.73. The Morgan fingerprint density at radius 3 is 2.75 bits per heavy atom. The highest BCUT2D eigenvalue weighted by atomic mass is 16.5. The van der Waals surface area contributed by atoms with Gasteiger partial charge in [0.1, 0.15) is 5.75 Å². The molecule has 1 aliphatic rings. The SMILES string of the molecule is COc1cccc2c1C=C(C(C)(C)CN)C2. The molecule has 0 aliphatic heterocycles. The van der Waals surface area contributed by atoms with E-state index in [2.05, 4.69) is 26.0 Å². The third-order valence-corrected chi connectivity index (χ3v) is 3.46. The molecule has 0 heterocycles. The molecule has 0 radical (unpaired) electrons. The highest BCUT2D eigenvalue weighted by Gasteiger charge is 2.27. The van der Waals surface area contributed by atoms with Crippen molar-refractivity contribution in [2.24, 2.45) is 11.1 Å². The van der Waals surface area contributed by atoms with E-state index >= 15 is 0 Å². The second kappa shape index (κ2) is 3.95. The van der Waals surface area contributed by atoms with E-state index in [-0.39, 0.29) is 5.41 Å². The smallest absolute Gasteiger partial charge is 0.126 e. The van der Waals surface area contributed by atoms with Crippen LogP contribution < -0.4 is 10.5 Å². The van der Waals surface area contributed by atoms with Gasteiger partial charge < -0.3 is 10.5 Å². The van der Waals surface area contributed by atoms with E-state index < -0.39 is 0 Å². The van der Waals surface area contributed by atoms with Crippen LogP contribution in [0, 0.1) is 5.41 Å². The summed E-state index contributed by atoms with van der Waals surface area (Å²) in [6.45, 7) is 5.06. The molecular formula is C14H19NO. The average molecular weight is 217 g/mol. The van der Waals surface area contributed by atoms with Crippen LogP contribution in [0.1, 0.15) is 25.0 Å². The van der Waals surface area contributed by atoms with Gasteiger partial charge in [-0.3, -0.25) is 0 Å². The topological polar surface area (TPSA) is 35.2 Å². The molecule has 1 aliphatic carbocycles. The van der Waals surface area contributed by atoms with Crippen LogP contribution in [0.5, 0.6) is 5.75 Å². The minimum Gasteiger partial charge on any atom is -0.496 e. The summed E-state index contributed by atoms with van der Waals surface area (Å²) in [5.41, 5.74) is 9.86. The Labute approximate surface area is 97.1 Å². The van der Waals surface area contributed by atoms with Gasteiger partial charge in [0, 0.05) is 12.1 Å². The van der Waals surface area contributed by atoms with Crippen LogP contribution in [0.15, 0.2) is 23.8 Å². The lowest BCUT2D eigenvalue weighted by molar-refractivity contribution is 0.413. The first kappa shape index (κ1) is 11.2. The van der Waals surface area contributed by atoms with E-state index in [0.29, 0.717) is 6.54 Å². The van der Waals surface area contributed by atoms with Crippen molar-refractivity contribution in [3.63, 3.8) is 0 Å². The maximum Gasteiger partial charge on any atom is 0.126 e. The molecule has 0 amide bonds. The van der Waals surface area contributed by atoms with Gasteiger partial charge in [-0.1, -0.05) is 37.6 Å². The van der Waals surface area contributed by atoms with Crippen LogP contribution >= 0.6 is 0 Å². The Morgan fingerprint density at radius 1 is 1.38 bits per heavy atom. The molecule has 0 atom stereocenters. The van der Waals surface area contributed by atoms with Crippen LogP contribution in [0.3, 0.4) is 0 Å². The summed E-state index contributed by atoms with van der Waals surface area (Å²) in [6, 6.07) is 6.21. The number of rotatable bonds is 3. The predicted octanol–water partition coefficient (Wildman–Crippen LogP) is 2.62. The molecule has 0 unspecified atom stereocenters. The molecule has 1 aromatic rings. The fourth-order valence-corrected chi connectivity index (χ4v) is 2.08. The summed E-state index contributed by atoms with van der Waals surface area (Å²) in [5.74, 6) is 0.959. The van der Waals surface area contributed by atoms with Gasteiger partial charge in [-0.15, -0.1) is 0 Å². The first-order chi connectivity index (χ1) is 7.58. The van der Waals surface area contributed by atoms with Gasteiger partial charge in [0.25, 0.3) is 0 Å². The normalized spacial score (nSPS) is 14.6. The number of methoxy groups -OCH3 is 1. The lowest BCUT2D eigenvalue weighted by Crippen LogP contribution is -2.25. The molecule has 16 heavy (non-hydrogen) atoms. The fourth-order valence-electron chi connectivity index (χ4n) is 2.08. The van der Waals surface area contributed by atoms with Gasteiger partial charge in [0.05, 0.1) is 7.11 Å². The van der Waals surface area contributed by atoms with E-state index in [1.54, 1.807) is 7.11 Å². The molecule has 0 fully saturated rings. The maximum atomic E-state index is 5.82. The highest BCUT2D eigenvalue weighted by molar-refractivity contribution is 5.70. The van der Waals surface area contributed by atoms with Crippen molar-refractivity contribution in [2.75, 3.05) is 13.7 Å².